The van der Waals surface area contributed by atoms with Crippen molar-refractivity contribution in [3.05, 3.63) is 35.2 Å². The Morgan fingerprint density at radius 2 is 1.34 bits per heavy atom. The summed E-state index contributed by atoms with van der Waals surface area (Å²) in [6, 6.07) is 0. The van der Waals surface area contributed by atoms with Gasteiger partial charge < -0.3 is 83.2 Å². The molecule has 1 aromatic heterocycles. The first-order valence-electron chi connectivity index (χ1n) is 32.6. The summed E-state index contributed by atoms with van der Waals surface area (Å²) in [5.74, 6) is -2.38. The van der Waals surface area contributed by atoms with E-state index in [1.54, 1.807) is 12.2 Å². The minimum Gasteiger partial charge on any atom is -0.393 e. The van der Waals surface area contributed by atoms with Gasteiger partial charge >= 0.3 is 0 Å². The highest BCUT2D eigenvalue weighted by Crippen LogP contribution is 2.69. The van der Waals surface area contributed by atoms with Gasteiger partial charge in [0.05, 0.1) is 142 Å². The molecule has 29 nitrogen and oxygen atoms in total. The fourth-order valence-corrected chi connectivity index (χ4v) is 14.1. The molecule has 2 unspecified atom stereocenters. The Balaban J connectivity index is 0.638. The van der Waals surface area contributed by atoms with Crippen LogP contribution in [0.4, 0.5) is 0 Å². The summed E-state index contributed by atoms with van der Waals surface area (Å²) in [6.07, 6.45) is 11.6. The lowest BCUT2D eigenvalue weighted by Gasteiger charge is -2.59. The van der Waals surface area contributed by atoms with Gasteiger partial charge in [-0.3, -0.25) is 33.3 Å². The molecular weight excluding hydrogens is 1230 g/mol. The van der Waals surface area contributed by atoms with Crippen LogP contribution in [0.2, 0.25) is 0 Å². The van der Waals surface area contributed by atoms with Gasteiger partial charge in [-0.1, -0.05) is 56.9 Å². The summed E-state index contributed by atoms with van der Waals surface area (Å²) in [6.45, 7) is 10.8. The molecule has 7 rings (SSSR count). The molecule has 1 saturated heterocycles. The van der Waals surface area contributed by atoms with Crippen LogP contribution in [0.25, 0.3) is 0 Å². The molecule has 3 saturated carbocycles. The van der Waals surface area contributed by atoms with E-state index in [1.807, 2.05) is 17.7 Å². The van der Waals surface area contributed by atoms with Crippen LogP contribution in [0, 0.1) is 28.6 Å². The highest BCUT2D eigenvalue weighted by atomic mass is 32.2. The van der Waals surface area contributed by atoms with Crippen molar-refractivity contribution >= 4 is 45.3 Å². The number of carbonyl (C=O) groups excluding carboxylic acids is 6. The molecule has 10 atom stereocenters. The summed E-state index contributed by atoms with van der Waals surface area (Å²) >= 11 is 0. The predicted octanol–water partition coefficient (Wildman–Crippen LogP) is 1.43. The number of ketones is 2. The molecule has 2 heterocycles. The number of hydrogen-bond acceptors (Lipinski definition) is 23. The summed E-state index contributed by atoms with van der Waals surface area (Å²) < 4.78 is 101. The van der Waals surface area contributed by atoms with E-state index >= 15 is 0 Å². The number of hydrogen-bond donors (Lipinski definition) is 6. The van der Waals surface area contributed by atoms with Gasteiger partial charge in [-0.25, -0.2) is 4.68 Å². The van der Waals surface area contributed by atoms with Crippen LogP contribution < -0.4 is 21.3 Å². The zero-order chi connectivity index (χ0) is 65.8. The summed E-state index contributed by atoms with van der Waals surface area (Å²) in [5.41, 5.74) is 0.243. The Labute approximate surface area is 539 Å². The maximum absolute atomic E-state index is 14.4. The van der Waals surface area contributed by atoms with Crippen LogP contribution in [0.5, 0.6) is 0 Å². The first-order chi connectivity index (χ1) is 44.4. The van der Waals surface area contributed by atoms with Crippen molar-refractivity contribution in [1.29, 1.82) is 0 Å². The van der Waals surface area contributed by atoms with Crippen molar-refractivity contribution in [3.8, 4) is 0 Å². The standard InChI is InChI=1S/C62H99N7O22S/c1-4-8-57-90-52-38-47-46-12-11-44-37-45(70)13-16-60(44,2)58(46)49(71)39-61(47,3)62(52,91-57)51(72)41-88-43-66-55(75)40-65-54(74)15-21-81-25-29-85-32-34-86-30-26-82-22-17-63-56(76)42-89-50-10-7-5-6-9-48-59(50)67-68-69(48)19-23-83-27-31-87-35-33-84-28-24-80-20-14-53(73)64-18-36-92(77,78)79/h13,16,37,46-47,49-50,52,57-58,71H,4-12,14-15,17-36,38-43H2,1-3H3,(H,63,76)(H,64,73)(H,65,74)(H,66,75)(H,77,78,79)/t46-,47-,49-,50?,52+,57?,58+,60-,61-,62+/m0/s1. The van der Waals surface area contributed by atoms with Gasteiger partial charge in [0.1, 0.15) is 31.7 Å². The predicted molar refractivity (Wildman–Crippen MR) is 327 cm³/mol. The van der Waals surface area contributed by atoms with E-state index in [0.717, 1.165) is 68.3 Å². The number of allylic oxidation sites excluding steroid dienone is 4. The molecule has 4 fully saturated rings. The van der Waals surface area contributed by atoms with Gasteiger partial charge in [0, 0.05) is 42.7 Å². The van der Waals surface area contributed by atoms with E-state index in [0.29, 0.717) is 112 Å². The maximum atomic E-state index is 14.4. The average Bonchev–Trinajstić information content (AvgIpc) is 1.48. The van der Waals surface area contributed by atoms with Crippen molar-refractivity contribution in [2.24, 2.45) is 28.6 Å². The number of nitrogens with zero attached hydrogens (tertiary/aromatic N) is 3. The molecule has 6 N–H and O–H groups in total. The summed E-state index contributed by atoms with van der Waals surface area (Å²) in [4.78, 5) is 76.1. The first-order valence-corrected chi connectivity index (χ1v) is 34.2. The van der Waals surface area contributed by atoms with Crippen LogP contribution in [-0.4, -0.2) is 243 Å². The molecule has 0 bridgehead atoms. The number of nitrogens with one attached hydrogen (secondary N) is 4. The smallest absolute Gasteiger partial charge is 0.266 e. The second kappa shape index (κ2) is 38.1. The largest absolute Gasteiger partial charge is 0.393 e. The fourth-order valence-electron chi connectivity index (χ4n) is 13.8. The minimum absolute atomic E-state index is 0.0257. The number of fused-ring (bicyclic) bond motifs is 8. The third kappa shape index (κ3) is 21.9. The number of aromatic nitrogens is 3. The van der Waals surface area contributed by atoms with Gasteiger partial charge in [-0.15, -0.1) is 5.10 Å². The van der Waals surface area contributed by atoms with Crippen LogP contribution in [0.15, 0.2) is 23.8 Å². The number of aliphatic hydroxyl groups excluding tert-OH is 1. The average molecular weight is 1330 g/mol. The summed E-state index contributed by atoms with van der Waals surface area (Å²) in [7, 11) is -4.12. The van der Waals surface area contributed by atoms with E-state index in [-0.39, 0.29) is 125 Å². The lowest BCUT2D eigenvalue weighted by molar-refractivity contribution is -0.201. The lowest BCUT2D eigenvalue weighted by atomic mass is 9.46. The third-order valence-electron chi connectivity index (χ3n) is 18.1. The molecule has 1 aliphatic heterocycles. The molecule has 0 spiro atoms. The molecule has 0 aromatic carbocycles. The van der Waals surface area contributed by atoms with Gasteiger partial charge in [-0.2, -0.15) is 8.42 Å². The highest BCUT2D eigenvalue weighted by Gasteiger charge is 2.75. The second-order valence-corrected chi connectivity index (χ2v) is 25.9. The second-order valence-electron chi connectivity index (χ2n) is 24.4. The Bertz CT molecular complexity index is 2700. The van der Waals surface area contributed by atoms with E-state index < -0.39 is 56.7 Å². The van der Waals surface area contributed by atoms with Gasteiger partial charge in [0.25, 0.3) is 10.1 Å². The van der Waals surface area contributed by atoms with Crippen molar-refractivity contribution < 1.29 is 104 Å². The number of carbonyl (C=O) groups is 6. The zero-order valence-electron chi connectivity index (χ0n) is 53.7. The van der Waals surface area contributed by atoms with Crippen molar-refractivity contribution in [3.63, 3.8) is 0 Å². The van der Waals surface area contributed by atoms with Crippen molar-refractivity contribution in [2.75, 3.05) is 151 Å². The molecule has 5 aliphatic carbocycles. The molecule has 0 radical (unpaired) electrons. The van der Waals surface area contributed by atoms with Gasteiger partial charge in [0.15, 0.2) is 23.5 Å². The topological polar surface area (TPSA) is 367 Å². The van der Waals surface area contributed by atoms with E-state index in [4.69, 9.17) is 61.4 Å². The quantitative estimate of drug-likeness (QED) is 0.0305. The molecule has 92 heavy (non-hydrogen) atoms. The van der Waals surface area contributed by atoms with E-state index in [2.05, 4.69) is 45.4 Å². The number of ether oxygens (including phenoxy) is 12. The fraction of sp³-hybridized carbons (Fsp3) is 0.806. The zero-order valence-corrected chi connectivity index (χ0v) is 54.6. The van der Waals surface area contributed by atoms with Crippen LogP contribution in [0.3, 0.4) is 0 Å². The van der Waals surface area contributed by atoms with Crippen LogP contribution in [0.1, 0.15) is 115 Å². The molecule has 4 amide bonds. The van der Waals surface area contributed by atoms with Crippen LogP contribution >= 0.6 is 0 Å². The van der Waals surface area contributed by atoms with Gasteiger partial charge in [-0.05, 0) is 75.4 Å². The number of Topliss-reactive ketones (excluding diaryl/α,β-unsaturated/α-hetero) is 1. The van der Waals surface area contributed by atoms with E-state index in [9.17, 15) is 42.3 Å². The molecule has 520 valence electrons. The Hall–Kier alpha value is -4.77. The van der Waals surface area contributed by atoms with Crippen molar-refractivity contribution in [1.82, 2.24) is 36.3 Å². The Morgan fingerprint density at radius 1 is 0.717 bits per heavy atom. The molecule has 30 heteroatoms. The normalized spacial score (nSPS) is 26.6. The molecule has 6 aliphatic rings. The lowest BCUT2D eigenvalue weighted by Crippen LogP contribution is -2.63. The Morgan fingerprint density at radius 3 is 1.99 bits per heavy atom. The third-order valence-corrected chi connectivity index (χ3v) is 18.8. The SMILES string of the molecule is CCCC1O[C@@H]2C[C@H]3[C@@H]4CCC5=CC(=O)C=C[C@]5(C)[C@H]4[C@@H](O)C[C@]3(C)[C@]2(C(=O)COCNC(=O)CNC(=O)CCOCCOCCOCCOCCNC(=O)COC2CCCCCc3c2nnn3CCOCCOCCOCCOCCC(=O)NCCS(=O)(=O)O)O1. The van der Waals surface area contributed by atoms with Crippen molar-refractivity contribution in [2.45, 2.75) is 141 Å². The monoisotopic (exact) mass is 1330 g/mol. The van der Waals surface area contributed by atoms with E-state index in [1.165, 1.54) is 0 Å². The van der Waals surface area contributed by atoms with Gasteiger partial charge in [0.2, 0.25) is 23.6 Å². The Kier molecular flexibility index (Phi) is 30.9. The highest BCUT2D eigenvalue weighted by molar-refractivity contribution is 7.85. The summed E-state index contributed by atoms with van der Waals surface area (Å²) in [5, 5.41) is 31.2. The van der Waals surface area contributed by atoms with Crippen LogP contribution in [-0.2, 0) is 109 Å². The maximum Gasteiger partial charge on any atom is 0.266 e. The molecule has 1 aromatic rings. The molecular formula is C62H99N7O22S. The number of rotatable bonds is 45. The number of amides is 4. The number of aliphatic hydroxyl groups is 1. The first kappa shape index (κ1) is 74.6. The minimum atomic E-state index is -4.12.